The molecule has 1 rings (SSSR count). The van der Waals surface area contributed by atoms with Crippen LogP contribution in [0, 0.1) is 0 Å². The summed E-state index contributed by atoms with van der Waals surface area (Å²) in [5.41, 5.74) is 0. The number of halogens is 4. The van der Waals surface area contributed by atoms with E-state index >= 15 is 0 Å². The second-order valence-electron chi connectivity index (χ2n) is 2.66. The van der Waals surface area contributed by atoms with Crippen molar-refractivity contribution in [3.05, 3.63) is 27.2 Å². The van der Waals surface area contributed by atoms with Crippen LogP contribution in [0.5, 0.6) is 0 Å². The molecule has 0 N–H and O–H groups in total. The van der Waals surface area contributed by atoms with Crippen molar-refractivity contribution in [2.24, 2.45) is 0 Å². The summed E-state index contributed by atoms with van der Waals surface area (Å²) >= 11 is 16.9. The van der Waals surface area contributed by atoms with Gasteiger partial charge in [-0.1, -0.05) is 34.8 Å². The molecule has 0 fully saturated rings. The molecule has 0 amide bonds. The maximum atomic E-state index is 11.8. The fourth-order valence-electron chi connectivity index (χ4n) is 0.901. The molecule has 90 valence electrons. The highest BCUT2D eigenvalue weighted by atomic mass is 35.5. The monoisotopic (exact) mass is 306 g/mol. The summed E-state index contributed by atoms with van der Waals surface area (Å²) in [7, 11) is -4.11. The van der Waals surface area contributed by atoms with E-state index in [9.17, 15) is 12.8 Å². The zero-order chi connectivity index (χ0) is 12.3. The molecule has 1 aromatic rings. The Bertz CT molecular complexity index is 490. The molecular weight excluding hydrogens is 302 g/mol. The first-order valence-corrected chi connectivity index (χ1v) is 6.52. The van der Waals surface area contributed by atoms with Gasteiger partial charge < -0.3 is 0 Å². The van der Waals surface area contributed by atoms with Crippen LogP contribution in [0.1, 0.15) is 0 Å². The molecule has 0 unspecified atom stereocenters. The van der Waals surface area contributed by atoms with E-state index in [1.807, 2.05) is 0 Å². The van der Waals surface area contributed by atoms with Crippen molar-refractivity contribution in [3.8, 4) is 0 Å². The fraction of sp³-hybridized carbons (Fsp3) is 0.250. The lowest BCUT2D eigenvalue weighted by atomic mass is 10.4. The van der Waals surface area contributed by atoms with Gasteiger partial charge in [0.15, 0.2) is 0 Å². The van der Waals surface area contributed by atoms with E-state index in [0.717, 1.165) is 6.07 Å². The maximum absolute atomic E-state index is 11.8. The van der Waals surface area contributed by atoms with E-state index in [0.29, 0.717) is 0 Å². The van der Waals surface area contributed by atoms with Gasteiger partial charge in [0.05, 0.1) is 21.7 Å². The summed E-state index contributed by atoms with van der Waals surface area (Å²) in [4.78, 5) is -0.336. The van der Waals surface area contributed by atoms with E-state index in [1.54, 1.807) is 0 Å². The van der Waals surface area contributed by atoms with Crippen molar-refractivity contribution in [3.63, 3.8) is 0 Å². The molecule has 1 aromatic carbocycles. The van der Waals surface area contributed by atoms with Crippen molar-refractivity contribution in [2.75, 3.05) is 13.3 Å². The summed E-state index contributed by atoms with van der Waals surface area (Å²) in [6.45, 7) is -1.49. The Labute approximate surface area is 107 Å². The lowest BCUT2D eigenvalue weighted by molar-refractivity contribution is 0.277. The van der Waals surface area contributed by atoms with Crippen LogP contribution < -0.4 is 0 Å². The predicted molar refractivity (Wildman–Crippen MR) is 60.6 cm³/mol. The smallest absolute Gasteiger partial charge is 0.264 e. The highest BCUT2D eigenvalue weighted by Crippen LogP contribution is 2.32. The minimum absolute atomic E-state index is 0.0218. The molecule has 0 aliphatic heterocycles. The molecule has 8 heteroatoms. The third-order valence-corrected chi connectivity index (χ3v) is 4.06. The van der Waals surface area contributed by atoms with Crippen molar-refractivity contribution < 1.29 is 17.0 Å². The lowest BCUT2D eigenvalue weighted by Crippen LogP contribution is -2.09. The third kappa shape index (κ3) is 3.21. The minimum Gasteiger partial charge on any atom is -0.264 e. The molecule has 16 heavy (non-hydrogen) atoms. The van der Waals surface area contributed by atoms with Crippen LogP contribution >= 0.6 is 34.8 Å². The molecule has 0 spiro atoms. The summed E-state index contributed by atoms with van der Waals surface area (Å²) in [6, 6.07) is 2.23. The van der Waals surface area contributed by atoms with E-state index < -0.39 is 23.4 Å². The highest BCUT2D eigenvalue weighted by molar-refractivity contribution is 7.86. The van der Waals surface area contributed by atoms with Crippen LogP contribution in [-0.2, 0) is 14.3 Å². The predicted octanol–water partition coefficient (Wildman–Crippen LogP) is 3.32. The van der Waals surface area contributed by atoms with Gasteiger partial charge in [-0.15, -0.1) is 0 Å². The lowest BCUT2D eigenvalue weighted by Gasteiger charge is -2.07. The fourth-order valence-corrected chi connectivity index (χ4v) is 2.76. The first-order valence-electron chi connectivity index (χ1n) is 3.98. The molecule has 0 saturated carbocycles. The quantitative estimate of drug-likeness (QED) is 0.633. The topological polar surface area (TPSA) is 43.4 Å². The first kappa shape index (κ1) is 14.0. The highest BCUT2D eigenvalue weighted by Gasteiger charge is 2.20. The molecular formula is C8H6Cl3FO3S. The Morgan fingerprint density at radius 3 is 2.25 bits per heavy atom. The van der Waals surface area contributed by atoms with Gasteiger partial charge in [-0.2, -0.15) is 8.42 Å². The third-order valence-electron chi connectivity index (χ3n) is 1.56. The van der Waals surface area contributed by atoms with Gasteiger partial charge in [0.25, 0.3) is 10.1 Å². The van der Waals surface area contributed by atoms with Gasteiger partial charge >= 0.3 is 0 Å². The number of rotatable bonds is 4. The second-order valence-corrected chi connectivity index (χ2v) is 5.47. The van der Waals surface area contributed by atoms with E-state index in [1.165, 1.54) is 6.07 Å². The van der Waals surface area contributed by atoms with Crippen molar-refractivity contribution >= 4 is 44.9 Å². The normalized spacial score (nSPS) is 11.8. The van der Waals surface area contributed by atoms with Crippen molar-refractivity contribution in [1.82, 2.24) is 0 Å². The summed E-state index contributed by atoms with van der Waals surface area (Å²) in [6.07, 6.45) is 0. The van der Waals surface area contributed by atoms with Crippen LogP contribution in [0.4, 0.5) is 4.39 Å². The van der Waals surface area contributed by atoms with Crippen LogP contribution in [0.2, 0.25) is 15.1 Å². The van der Waals surface area contributed by atoms with Gasteiger partial charge in [-0.25, -0.2) is 4.39 Å². The van der Waals surface area contributed by atoms with Crippen LogP contribution in [0.3, 0.4) is 0 Å². The Morgan fingerprint density at radius 2 is 1.69 bits per heavy atom. The maximum Gasteiger partial charge on any atom is 0.298 e. The molecule has 0 heterocycles. The van der Waals surface area contributed by atoms with Crippen LogP contribution in [-0.4, -0.2) is 21.7 Å². The van der Waals surface area contributed by atoms with Gasteiger partial charge in [0.1, 0.15) is 11.6 Å². The van der Waals surface area contributed by atoms with Gasteiger partial charge in [-0.3, -0.25) is 4.18 Å². The van der Waals surface area contributed by atoms with E-state index in [-0.39, 0.29) is 20.0 Å². The van der Waals surface area contributed by atoms with E-state index in [2.05, 4.69) is 4.18 Å². The second kappa shape index (κ2) is 5.51. The average molecular weight is 308 g/mol. The molecule has 0 atom stereocenters. The number of alkyl halides is 1. The summed E-state index contributed by atoms with van der Waals surface area (Å²) in [5.74, 6) is 0. The first-order chi connectivity index (χ1) is 7.38. The van der Waals surface area contributed by atoms with E-state index in [4.69, 9.17) is 34.8 Å². The zero-order valence-corrected chi connectivity index (χ0v) is 10.8. The average Bonchev–Trinajstić information content (AvgIpc) is 2.20. The largest absolute Gasteiger partial charge is 0.298 e. The molecule has 3 nitrogen and oxygen atoms in total. The Balaban J connectivity index is 3.18. The van der Waals surface area contributed by atoms with Crippen LogP contribution in [0.25, 0.3) is 0 Å². The number of benzene rings is 1. The molecule has 0 aromatic heterocycles. The molecule has 0 radical (unpaired) electrons. The summed E-state index contributed by atoms with van der Waals surface area (Å²) < 4.78 is 39.2. The zero-order valence-electron chi connectivity index (χ0n) is 7.71. The molecule has 0 aliphatic carbocycles. The molecule has 0 bridgehead atoms. The SMILES string of the molecule is O=S(=O)(OCCF)c1cc(Cl)c(Cl)cc1Cl. The minimum atomic E-state index is -4.11. The summed E-state index contributed by atoms with van der Waals surface area (Å²) in [5, 5.41) is 0.0119. The molecule has 0 aliphatic rings. The van der Waals surface area contributed by atoms with Gasteiger partial charge in [0, 0.05) is 0 Å². The van der Waals surface area contributed by atoms with Crippen LogP contribution in [0.15, 0.2) is 17.0 Å². The Kier molecular flexibility index (Phi) is 4.82. The van der Waals surface area contributed by atoms with Gasteiger partial charge in [0.2, 0.25) is 0 Å². The number of hydrogen-bond donors (Lipinski definition) is 0. The Morgan fingerprint density at radius 1 is 1.12 bits per heavy atom. The standard InChI is InChI=1S/C8H6Cl3FO3S/c9-5-3-7(11)8(4-6(5)10)16(13,14)15-2-1-12/h3-4H,1-2H2. The van der Waals surface area contributed by atoms with Gasteiger partial charge in [-0.05, 0) is 12.1 Å². The van der Waals surface area contributed by atoms with Crippen molar-refractivity contribution in [1.29, 1.82) is 0 Å². The Hall–Kier alpha value is -0.0700. The number of hydrogen-bond acceptors (Lipinski definition) is 3. The van der Waals surface area contributed by atoms with Crippen molar-refractivity contribution in [2.45, 2.75) is 4.90 Å². The molecule has 0 saturated heterocycles.